The smallest absolute Gasteiger partial charge is 0.307 e. The van der Waals surface area contributed by atoms with E-state index in [-0.39, 0.29) is 5.97 Å². The van der Waals surface area contributed by atoms with Crippen molar-refractivity contribution in [2.24, 2.45) is 0 Å². The Labute approximate surface area is 171 Å². The molecule has 1 rings (SSSR count). The van der Waals surface area contributed by atoms with Gasteiger partial charge < -0.3 is 25.2 Å². The molecule has 0 aromatic heterocycles. The van der Waals surface area contributed by atoms with Gasteiger partial charge >= 0.3 is 5.97 Å². The SMILES string of the molecule is CCOOCCCN1CCCN(CCC(=O)OCC)CCNCCCNCC1. The summed E-state index contributed by atoms with van der Waals surface area (Å²) in [5.74, 6) is -0.100. The molecule has 1 aliphatic rings. The van der Waals surface area contributed by atoms with E-state index in [9.17, 15) is 4.79 Å². The molecule has 0 spiro atoms. The van der Waals surface area contributed by atoms with E-state index in [2.05, 4.69) is 20.4 Å². The van der Waals surface area contributed by atoms with Crippen molar-refractivity contribution >= 4 is 5.97 Å². The van der Waals surface area contributed by atoms with Crippen LogP contribution in [0.2, 0.25) is 0 Å². The molecule has 0 bridgehead atoms. The van der Waals surface area contributed by atoms with Gasteiger partial charge in [0.05, 0.1) is 26.2 Å². The number of carbonyl (C=O) groups excluding carboxylic acids is 1. The second-order valence-corrected chi connectivity index (χ2v) is 7.03. The van der Waals surface area contributed by atoms with Crippen LogP contribution in [0.5, 0.6) is 0 Å². The van der Waals surface area contributed by atoms with Gasteiger partial charge in [0.25, 0.3) is 0 Å². The van der Waals surface area contributed by atoms with Crippen LogP contribution >= 0.6 is 0 Å². The first-order valence-electron chi connectivity index (χ1n) is 11.0. The minimum absolute atomic E-state index is 0.100. The Hall–Kier alpha value is -0.770. The topological polar surface area (TPSA) is 75.3 Å². The van der Waals surface area contributed by atoms with Gasteiger partial charge in [-0.15, -0.1) is 0 Å². The third kappa shape index (κ3) is 14.3. The number of ether oxygens (including phenoxy) is 1. The molecule has 0 unspecified atom stereocenters. The minimum atomic E-state index is -0.100. The largest absolute Gasteiger partial charge is 0.466 e. The molecule has 0 aromatic carbocycles. The quantitative estimate of drug-likeness (QED) is 0.241. The highest BCUT2D eigenvalue weighted by molar-refractivity contribution is 5.69. The number of hydrogen-bond donors (Lipinski definition) is 2. The summed E-state index contributed by atoms with van der Waals surface area (Å²) < 4.78 is 5.07. The zero-order valence-electron chi connectivity index (χ0n) is 18.0. The van der Waals surface area contributed by atoms with E-state index >= 15 is 0 Å². The molecule has 166 valence electrons. The van der Waals surface area contributed by atoms with Gasteiger partial charge in [0.2, 0.25) is 0 Å². The Bertz CT molecular complexity index is 372. The highest BCUT2D eigenvalue weighted by Crippen LogP contribution is 2.00. The second kappa shape index (κ2) is 18.3. The number of esters is 1. The average molecular weight is 403 g/mol. The van der Waals surface area contributed by atoms with E-state index in [4.69, 9.17) is 14.5 Å². The third-order valence-electron chi connectivity index (χ3n) is 4.71. The lowest BCUT2D eigenvalue weighted by Gasteiger charge is -2.26. The lowest BCUT2D eigenvalue weighted by Crippen LogP contribution is -2.39. The Morgan fingerprint density at radius 1 is 0.821 bits per heavy atom. The standard InChI is InChI=1S/C20H42N4O4/c1-3-26-20(25)8-16-24-14-6-13-23(15-7-19-28-27-4-2)17-11-21-9-5-10-22-12-18-24/h21-22H,3-19H2,1-2H3. The van der Waals surface area contributed by atoms with Gasteiger partial charge in [0.15, 0.2) is 0 Å². The predicted octanol–water partition coefficient (Wildman–Crippen LogP) is 0.875. The van der Waals surface area contributed by atoms with E-state index < -0.39 is 0 Å². The molecule has 0 amide bonds. The zero-order chi connectivity index (χ0) is 20.3. The summed E-state index contributed by atoms with van der Waals surface area (Å²) in [6.45, 7) is 15.3. The van der Waals surface area contributed by atoms with Gasteiger partial charge in [-0.05, 0) is 59.3 Å². The van der Waals surface area contributed by atoms with Crippen LogP contribution in [0.15, 0.2) is 0 Å². The third-order valence-corrected chi connectivity index (χ3v) is 4.71. The maximum atomic E-state index is 11.7. The number of rotatable bonds is 10. The molecule has 1 saturated heterocycles. The molecule has 0 radical (unpaired) electrons. The van der Waals surface area contributed by atoms with E-state index in [0.29, 0.717) is 26.2 Å². The molecule has 28 heavy (non-hydrogen) atoms. The normalized spacial score (nSPS) is 19.2. The number of hydrogen-bond acceptors (Lipinski definition) is 8. The molecule has 8 nitrogen and oxygen atoms in total. The minimum Gasteiger partial charge on any atom is -0.466 e. The van der Waals surface area contributed by atoms with Crippen LogP contribution in [0.4, 0.5) is 0 Å². The average Bonchev–Trinajstić information content (AvgIpc) is 2.69. The molecule has 1 aliphatic heterocycles. The predicted molar refractivity (Wildman–Crippen MR) is 111 cm³/mol. The van der Waals surface area contributed by atoms with Gasteiger partial charge in [-0.1, -0.05) is 0 Å². The van der Waals surface area contributed by atoms with E-state index in [1.165, 1.54) is 0 Å². The first kappa shape index (κ1) is 25.3. The number of carbonyl (C=O) groups is 1. The lowest BCUT2D eigenvalue weighted by molar-refractivity contribution is -0.291. The lowest BCUT2D eigenvalue weighted by atomic mass is 10.2. The monoisotopic (exact) mass is 402 g/mol. The first-order valence-corrected chi connectivity index (χ1v) is 11.0. The molecular formula is C20H42N4O4. The molecule has 8 heteroatoms. The summed E-state index contributed by atoms with van der Waals surface area (Å²) >= 11 is 0. The van der Waals surface area contributed by atoms with Crippen LogP contribution in [0.25, 0.3) is 0 Å². The summed E-state index contributed by atoms with van der Waals surface area (Å²) in [6, 6.07) is 0. The van der Waals surface area contributed by atoms with Crippen molar-refractivity contribution in [1.29, 1.82) is 0 Å². The fourth-order valence-corrected chi connectivity index (χ4v) is 3.22. The van der Waals surface area contributed by atoms with E-state index in [1.807, 2.05) is 13.8 Å². The molecule has 0 aromatic rings. The van der Waals surface area contributed by atoms with Gasteiger partial charge in [-0.3, -0.25) is 4.79 Å². The molecule has 1 heterocycles. The molecule has 0 atom stereocenters. The van der Waals surface area contributed by atoms with Crippen LogP contribution in [-0.2, 0) is 19.3 Å². The Morgan fingerprint density at radius 2 is 1.50 bits per heavy atom. The van der Waals surface area contributed by atoms with Crippen molar-refractivity contribution in [3.8, 4) is 0 Å². The van der Waals surface area contributed by atoms with E-state index in [0.717, 1.165) is 84.7 Å². The van der Waals surface area contributed by atoms with Crippen molar-refractivity contribution in [2.45, 2.75) is 39.5 Å². The summed E-state index contributed by atoms with van der Waals surface area (Å²) in [4.78, 5) is 26.7. The van der Waals surface area contributed by atoms with Crippen molar-refractivity contribution in [1.82, 2.24) is 20.4 Å². The second-order valence-electron chi connectivity index (χ2n) is 7.03. The molecule has 0 saturated carbocycles. The molecular weight excluding hydrogens is 360 g/mol. The van der Waals surface area contributed by atoms with Gasteiger partial charge in [-0.25, -0.2) is 9.78 Å². The summed E-state index contributed by atoms with van der Waals surface area (Å²) in [6.07, 6.45) is 3.66. The van der Waals surface area contributed by atoms with Crippen molar-refractivity contribution in [3.63, 3.8) is 0 Å². The zero-order valence-corrected chi connectivity index (χ0v) is 18.0. The fourth-order valence-electron chi connectivity index (χ4n) is 3.22. The van der Waals surface area contributed by atoms with Crippen LogP contribution < -0.4 is 10.6 Å². The Morgan fingerprint density at radius 3 is 2.14 bits per heavy atom. The molecule has 2 N–H and O–H groups in total. The summed E-state index contributed by atoms with van der Waals surface area (Å²) in [5, 5.41) is 7.04. The van der Waals surface area contributed by atoms with Crippen LogP contribution in [-0.4, -0.2) is 101 Å². The van der Waals surface area contributed by atoms with Gasteiger partial charge in [0.1, 0.15) is 0 Å². The highest BCUT2D eigenvalue weighted by Gasteiger charge is 2.11. The maximum absolute atomic E-state index is 11.7. The van der Waals surface area contributed by atoms with Crippen LogP contribution in [0.1, 0.15) is 39.5 Å². The first-order chi connectivity index (χ1) is 13.8. The fraction of sp³-hybridized carbons (Fsp3) is 0.950. The maximum Gasteiger partial charge on any atom is 0.307 e. The van der Waals surface area contributed by atoms with Crippen molar-refractivity contribution in [2.75, 3.05) is 85.3 Å². The molecule has 1 fully saturated rings. The van der Waals surface area contributed by atoms with E-state index in [1.54, 1.807) is 0 Å². The van der Waals surface area contributed by atoms with Crippen molar-refractivity contribution < 1.29 is 19.3 Å². The van der Waals surface area contributed by atoms with Crippen molar-refractivity contribution in [3.05, 3.63) is 0 Å². The molecule has 0 aliphatic carbocycles. The van der Waals surface area contributed by atoms with Crippen LogP contribution in [0, 0.1) is 0 Å². The van der Waals surface area contributed by atoms with Gasteiger partial charge in [-0.2, -0.15) is 0 Å². The van der Waals surface area contributed by atoms with Gasteiger partial charge in [0, 0.05) is 39.3 Å². The Kier molecular flexibility index (Phi) is 16.5. The van der Waals surface area contributed by atoms with Crippen LogP contribution in [0.3, 0.4) is 0 Å². The number of nitrogens with zero attached hydrogens (tertiary/aromatic N) is 2. The highest BCUT2D eigenvalue weighted by atomic mass is 17.2. The summed E-state index contributed by atoms with van der Waals surface area (Å²) in [5.41, 5.74) is 0. The number of nitrogens with one attached hydrogen (secondary N) is 2. The summed E-state index contributed by atoms with van der Waals surface area (Å²) in [7, 11) is 0. The Balaban J connectivity index is 2.41.